The van der Waals surface area contributed by atoms with E-state index < -0.39 is 36.7 Å². The normalized spacial score (nSPS) is 7.50. The molecule has 14 heteroatoms. The number of quaternary nitrogens is 2. The Morgan fingerprint density at radius 1 is 0.643 bits per heavy atom. The van der Waals surface area contributed by atoms with E-state index in [2.05, 4.69) is 35.7 Å². The van der Waals surface area contributed by atoms with Crippen LogP contribution in [0.15, 0.2) is 24.3 Å². The average Bonchev–Trinajstić information content (AvgIpc) is 2.45. The van der Waals surface area contributed by atoms with E-state index in [1.165, 1.54) is 11.1 Å². The molecule has 1 aromatic rings. The molecule has 0 saturated heterocycles. The molecule has 28 heavy (non-hydrogen) atoms. The summed E-state index contributed by atoms with van der Waals surface area (Å²) in [6, 6.07) is 8.42. The molecule has 0 heterocycles. The van der Waals surface area contributed by atoms with Crippen LogP contribution in [-0.4, -0.2) is 34.8 Å². The molecule has 13 nitrogen and oxygen atoms in total. The molecule has 1 aromatic carbocycles. The second kappa shape index (κ2) is 24.4. The fourth-order valence-electron chi connectivity index (χ4n) is 1.11. The van der Waals surface area contributed by atoms with Crippen LogP contribution in [0.2, 0.25) is 0 Å². The van der Waals surface area contributed by atoms with E-state index in [9.17, 15) is 39.6 Å². The molecule has 167 valence electrons. The van der Waals surface area contributed by atoms with Crippen molar-refractivity contribution >= 4 is 23.9 Å². The van der Waals surface area contributed by atoms with Crippen molar-refractivity contribution in [3.8, 4) is 0 Å². The molecular formula is C14H25CuN2O11+. The minimum Gasteiger partial charge on any atom is -0.550 e. The third-order valence-electron chi connectivity index (χ3n) is 2.18. The van der Waals surface area contributed by atoms with Gasteiger partial charge < -0.3 is 67.5 Å². The second-order valence-electron chi connectivity index (χ2n) is 4.16. The Labute approximate surface area is 170 Å². The van der Waals surface area contributed by atoms with Crippen LogP contribution in [0.25, 0.3) is 0 Å². The van der Waals surface area contributed by atoms with E-state index in [1.54, 1.807) is 0 Å². The molecule has 0 aliphatic carbocycles. The topological polar surface area (TPSA) is 312 Å². The van der Waals surface area contributed by atoms with Gasteiger partial charge in [-0.15, -0.1) is 0 Å². The van der Waals surface area contributed by atoms with Gasteiger partial charge in [-0.2, -0.15) is 0 Å². The molecule has 1 rings (SSSR count). The van der Waals surface area contributed by atoms with Gasteiger partial charge >= 0.3 is 17.1 Å². The van der Waals surface area contributed by atoms with Crippen LogP contribution >= 0.6 is 0 Å². The molecule has 0 spiro atoms. The first kappa shape index (κ1) is 40.2. The van der Waals surface area contributed by atoms with Crippen molar-refractivity contribution in [1.82, 2.24) is 0 Å². The van der Waals surface area contributed by atoms with Crippen molar-refractivity contribution in [2.45, 2.75) is 25.9 Å². The molecule has 0 atom stereocenters. The standard InChI is InChI=1S/C8H12N2.2C3H4O4.Cu.3H2O/c9-5-7-1-2-8(6-10)4-3-7;2*4-2(5)1-3(6)7;;;;/h1-4H,5-6,9-10H2;2*1H2,(H,4,5)(H,6,7);;3*1H2/q;;;+2;;;/p-1. The van der Waals surface area contributed by atoms with Gasteiger partial charge in [-0.1, -0.05) is 24.3 Å². The van der Waals surface area contributed by atoms with Crippen LogP contribution in [-0.2, 0) is 54.8 Å². The SMILES string of the molecule is O.O.O=C([O-])CC(=O)[O-].O=C([O-])CC(=O)[O-].[Cu+2].[NH3+]Cc1ccc(C[NH3+])cc1.[OH3+]. The summed E-state index contributed by atoms with van der Waals surface area (Å²) < 4.78 is 0. The van der Waals surface area contributed by atoms with E-state index >= 15 is 0 Å². The van der Waals surface area contributed by atoms with Gasteiger partial charge in [-0.05, 0) is 0 Å². The Hall–Kier alpha value is -2.58. The monoisotopic (exact) mass is 460 g/mol. The van der Waals surface area contributed by atoms with Crippen LogP contribution in [0.3, 0.4) is 0 Å². The Balaban J connectivity index is -0.0000000620. The van der Waals surface area contributed by atoms with Crippen LogP contribution in [0.4, 0.5) is 0 Å². The van der Waals surface area contributed by atoms with Crippen molar-refractivity contribution in [1.29, 1.82) is 0 Å². The van der Waals surface area contributed by atoms with Gasteiger partial charge in [0.1, 0.15) is 0 Å². The zero-order chi connectivity index (χ0) is 19.1. The summed E-state index contributed by atoms with van der Waals surface area (Å²) in [7, 11) is 0. The molecule has 0 unspecified atom stereocenters. The molecule has 0 fully saturated rings. The summed E-state index contributed by atoms with van der Waals surface area (Å²) in [6.45, 7) is 1.74. The zero-order valence-corrected chi connectivity index (χ0v) is 15.6. The molecular weight excluding hydrogens is 436 g/mol. The number of rotatable bonds is 6. The number of carbonyl (C=O) groups is 4. The summed E-state index contributed by atoms with van der Waals surface area (Å²) in [5.41, 5.74) is 10.2. The molecule has 0 bridgehead atoms. The van der Waals surface area contributed by atoms with Gasteiger partial charge in [0.15, 0.2) is 0 Å². The Kier molecular flexibility index (Phi) is 35.1. The maximum Gasteiger partial charge on any atom is 2.00 e. The number of carbonyl (C=O) groups excluding carboxylic acids is 4. The van der Waals surface area contributed by atoms with E-state index in [-0.39, 0.29) is 33.5 Å². The summed E-state index contributed by atoms with van der Waals surface area (Å²) in [5.74, 6) is -6.50. The predicted octanol–water partition coefficient (Wildman–Crippen LogP) is -9.65. The molecule has 13 N–H and O–H groups in total. The minimum absolute atomic E-state index is 0. The molecule has 0 aliphatic heterocycles. The number of carboxylic acid groups (broad SMARTS) is 4. The summed E-state index contributed by atoms with van der Waals surface area (Å²) in [5, 5.41) is 37.1. The molecule has 0 aliphatic rings. The van der Waals surface area contributed by atoms with E-state index in [4.69, 9.17) is 0 Å². The van der Waals surface area contributed by atoms with Crippen LogP contribution in [0.1, 0.15) is 24.0 Å². The minimum atomic E-state index is -1.63. The van der Waals surface area contributed by atoms with Crippen molar-refractivity contribution in [2.75, 3.05) is 0 Å². The average molecular weight is 461 g/mol. The van der Waals surface area contributed by atoms with Crippen molar-refractivity contribution in [2.24, 2.45) is 0 Å². The third kappa shape index (κ3) is 31.2. The van der Waals surface area contributed by atoms with Gasteiger partial charge in [-0.3, -0.25) is 0 Å². The summed E-state index contributed by atoms with van der Waals surface area (Å²) in [6.07, 6.45) is -2.06. The number of aliphatic carboxylic acids is 4. The maximum absolute atomic E-state index is 9.28. The third-order valence-corrected chi connectivity index (χ3v) is 2.18. The second-order valence-corrected chi connectivity index (χ2v) is 4.16. The Bertz CT molecular complexity index is 480. The molecule has 0 saturated carbocycles. The van der Waals surface area contributed by atoms with Gasteiger partial charge in [-0.25, -0.2) is 0 Å². The summed E-state index contributed by atoms with van der Waals surface area (Å²) >= 11 is 0. The summed E-state index contributed by atoms with van der Waals surface area (Å²) in [4.78, 5) is 37.1. The molecule has 0 aromatic heterocycles. The van der Waals surface area contributed by atoms with Crippen LogP contribution in [0, 0.1) is 0 Å². The van der Waals surface area contributed by atoms with Gasteiger partial charge in [0.05, 0.1) is 13.1 Å². The van der Waals surface area contributed by atoms with Crippen molar-refractivity contribution in [3.63, 3.8) is 0 Å². The fraction of sp³-hybridized carbons (Fsp3) is 0.286. The predicted molar refractivity (Wildman–Crippen MR) is 81.0 cm³/mol. The quantitative estimate of drug-likeness (QED) is 0.232. The first-order chi connectivity index (χ1) is 11.1. The number of hydrogen-bond acceptors (Lipinski definition) is 8. The Morgan fingerprint density at radius 2 is 0.821 bits per heavy atom. The number of carboxylic acids is 4. The van der Waals surface area contributed by atoms with Crippen LogP contribution < -0.4 is 31.9 Å². The fourth-order valence-corrected chi connectivity index (χ4v) is 1.11. The maximum atomic E-state index is 9.28. The van der Waals surface area contributed by atoms with Crippen molar-refractivity contribution < 1.29 is 84.6 Å². The smallest absolute Gasteiger partial charge is 0.550 e. The largest absolute Gasteiger partial charge is 2.00 e. The molecule has 1 radical (unpaired) electrons. The van der Waals surface area contributed by atoms with Crippen molar-refractivity contribution in [3.05, 3.63) is 35.4 Å². The van der Waals surface area contributed by atoms with E-state index in [1.807, 2.05) is 0 Å². The van der Waals surface area contributed by atoms with Gasteiger partial charge in [0, 0.05) is 47.8 Å². The Morgan fingerprint density at radius 3 is 0.893 bits per heavy atom. The van der Waals surface area contributed by atoms with Gasteiger partial charge in [0.2, 0.25) is 0 Å². The first-order valence-corrected chi connectivity index (χ1v) is 6.58. The van der Waals surface area contributed by atoms with Gasteiger partial charge in [0.25, 0.3) is 0 Å². The molecule has 0 amide bonds. The van der Waals surface area contributed by atoms with E-state index in [0.717, 1.165) is 13.1 Å². The van der Waals surface area contributed by atoms with Crippen LogP contribution in [0.5, 0.6) is 0 Å². The number of benzene rings is 1. The number of hydrogen-bond donors (Lipinski definition) is 2. The first-order valence-electron chi connectivity index (χ1n) is 6.58. The van der Waals surface area contributed by atoms with E-state index in [0.29, 0.717) is 0 Å². The zero-order valence-electron chi connectivity index (χ0n) is 14.7.